The lowest BCUT2D eigenvalue weighted by Crippen LogP contribution is -2.41. The van der Waals surface area contributed by atoms with E-state index in [9.17, 15) is 0 Å². The van der Waals surface area contributed by atoms with Crippen molar-refractivity contribution in [2.45, 2.75) is 52.8 Å². The largest absolute Gasteiger partial charge is 0.416 e. The van der Waals surface area contributed by atoms with Gasteiger partial charge in [-0.1, -0.05) is 45.4 Å². The van der Waals surface area contributed by atoms with E-state index in [1.807, 2.05) is 6.92 Å². The van der Waals surface area contributed by atoms with Gasteiger partial charge in [-0.25, -0.2) is 0 Å². The molecule has 0 rings (SSSR count). The zero-order chi connectivity index (χ0) is 12.3. The number of hydrogen-bond donors (Lipinski definition) is 0. The Hall–Kier alpha value is 0.207. The summed E-state index contributed by atoms with van der Waals surface area (Å²) >= 11 is 5.83. The second kappa shape index (κ2) is 5.51. The Morgan fingerprint density at radius 2 is 1.87 bits per heavy atom. The van der Waals surface area contributed by atoms with Gasteiger partial charge in [0.1, 0.15) is 0 Å². The fourth-order valence-electron chi connectivity index (χ4n) is 0.996. The van der Waals surface area contributed by atoms with E-state index in [0.717, 1.165) is 11.6 Å². The molecule has 1 atom stereocenters. The Morgan fingerprint density at radius 3 is 2.20 bits per heavy atom. The molecule has 15 heavy (non-hydrogen) atoms. The first-order valence-electron chi connectivity index (χ1n) is 5.54. The van der Waals surface area contributed by atoms with E-state index in [2.05, 4.69) is 46.9 Å². The summed E-state index contributed by atoms with van der Waals surface area (Å²) in [5.41, 5.74) is 0. The van der Waals surface area contributed by atoms with Gasteiger partial charge in [0.15, 0.2) is 8.32 Å². The van der Waals surface area contributed by atoms with Gasteiger partial charge in [0.25, 0.3) is 0 Å². The van der Waals surface area contributed by atoms with Gasteiger partial charge in [0.05, 0.1) is 0 Å². The fraction of sp³-hybridized carbons (Fsp3) is 0.833. The third-order valence-electron chi connectivity index (χ3n) is 3.03. The van der Waals surface area contributed by atoms with Gasteiger partial charge in [0.2, 0.25) is 0 Å². The first-order valence-corrected chi connectivity index (χ1v) is 8.83. The third kappa shape index (κ3) is 5.74. The maximum Gasteiger partial charge on any atom is 0.192 e. The molecule has 0 amide bonds. The molecule has 90 valence electrons. The molecular formula is C12H25ClOSi. The predicted octanol–water partition coefficient (Wildman–Crippen LogP) is 4.79. The predicted molar refractivity (Wildman–Crippen MR) is 71.9 cm³/mol. The van der Waals surface area contributed by atoms with Crippen LogP contribution in [0.4, 0.5) is 0 Å². The molecule has 0 saturated heterocycles. The number of hydrogen-bond acceptors (Lipinski definition) is 1. The minimum Gasteiger partial charge on any atom is -0.416 e. The Morgan fingerprint density at radius 1 is 1.40 bits per heavy atom. The van der Waals surface area contributed by atoms with Gasteiger partial charge in [0, 0.05) is 11.6 Å². The zero-order valence-electron chi connectivity index (χ0n) is 11.1. The van der Waals surface area contributed by atoms with Crippen LogP contribution in [0.5, 0.6) is 0 Å². The van der Waals surface area contributed by atoms with Crippen LogP contribution in [0.25, 0.3) is 0 Å². The summed E-state index contributed by atoms with van der Waals surface area (Å²) in [6, 6.07) is 0. The Labute approximate surface area is 101 Å². The molecule has 0 spiro atoms. The lowest BCUT2D eigenvalue weighted by molar-refractivity contribution is 0.259. The highest BCUT2D eigenvalue weighted by atomic mass is 35.5. The van der Waals surface area contributed by atoms with Crippen LogP contribution in [-0.2, 0) is 4.43 Å². The van der Waals surface area contributed by atoms with Crippen LogP contribution < -0.4 is 0 Å². The fourth-order valence-corrected chi connectivity index (χ4v) is 2.32. The second-order valence-corrected chi connectivity index (χ2v) is 11.2. The first kappa shape index (κ1) is 15.2. The molecule has 0 aliphatic heterocycles. The maximum absolute atomic E-state index is 6.09. The van der Waals surface area contributed by atoms with E-state index in [4.69, 9.17) is 16.0 Å². The molecule has 0 aromatic carbocycles. The summed E-state index contributed by atoms with van der Waals surface area (Å²) in [6.45, 7) is 16.1. The first-order chi connectivity index (χ1) is 6.56. The van der Waals surface area contributed by atoms with Gasteiger partial charge in [-0.05, 0) is 31.0 Å². The summed E-state index contributed by atoms with van der Waals surface area (Å²) in [5.74, 6) is 0.400. The minimum absolute atomic E-state index is 0.284. The molecule has 0 fully saturated rings. The molecule has 1 unspecified atom stereocenters. The molecule has 0 N–H and O–H groups in total. The molecule has 0 aromatic rings. The van der Waals surface area contributed by atoms with Crippen molar-refractivity contribution in [1.82, 2.24) is 0 Å². The monoisotopic (exact) mass is 248 g/mol. The van der Waals surface area contributed by atoms with Crippen LogP contribution in [0.15, 0.2) is 11.1 Å². The zero-order valence-corrected chi connectivity index (χ0v) is 12.9. The van der Waals surface area contributed by atoms with Crippen molar-refractivity contribution >= 4 is 19.9 Å². The van der Waals surface area contributed by atoms with Crippen molar-refractivity contribution in [2.24, 2.45) is 5.92 Å². The molecule has 0 aliphatic carbocycles. The molecule has 0 bridgehead atoms. The van der Waals surface area contributed by atoms with Gasteiger partial charge in [-0.15, -0.1) is 0 Å². The van der Waals surface area contributed by atoms with Crippen LogP contribution in [0, 0.1) is 5.92 Å². The van der Waals surface area contributed by atoms with E-state index in [1.54, 1.807) is 0 Å². The number of allylic oxidation sites excluding steroid dienone is 1. The molecule has 1 nitrogen and oxygen atoms in total. The Kier molecular flexibility index (Phi) is 5.59. The van der Waals surface area contributed by atoms with Crippen molar-refractivity contribution in [3.05, 3.63) is 11.1 Å². The van der Waals surface area contributed by atoms with Crippen LogP contribution in [-0.4, -0.2) is 14.9 Å². The van der Waals surface area contributed by atoms with E-state index in [1.165, 1.54) is 0 Å². The van der Waals surface area contributed by atoms with Gasteiger partial charge < -0.3 is 4.43 Å². The quantitative estimate of drug-likeness (QED) is 0.651. The van der Waals surface area contributed by atoms with Crippen LogP contribution in [0.1, 0.15) is 34.6 Å². The van der Waals surface area contributed by atoms with Crippen LogP contribution >= 0.6 is 11.6 Å². The standard InChI is InChI=1S/C12H25ClOSi/c1-10(8-11(2)13)9-14-15(6,7)12(3,4)5/h8,10H,9H2,1-7H3/b11-8-. The average Bonchev–Trinajstić information content (AvgIpc) is 1.97. The van der Waals surface area contributed by atoms with Crippen molar-refractivity contribution in [1.29, 1.82) is 0 Å². The second-order valence-electron chi connectivity index (χ2n) is 5.80. The summed E-state index contributed by atoms with van der Waals surface area (Å²) in [5, 5.41) is 1.13. The van der Waals surface area contributed by atoms with Crippen molar-refractivity contribution in [2.75, 3.05) is 6.61 Å². The molecule has 0 radical (unpaired) electrons. The van der Waals surface area contributed by atoms with Crippen molar-refractivity contribution < 1.29 is 4.43 Å². The highest BCUT2D eigenvalue weighted by Crippen LogP contribution is 2.36. The molecular weight excluding hydrogens is 224 g/mol. The van der Waals surface area contributed by atoms with Crippen molar-refractivity contribution in [3.8, 4) is 0 Å². The van der Waals surface area contributed by atoms with Crippen LogP contribution in [0.2, 0.25) is 18.1 Å². The van der Waals surface area contributed by atoms with E-state index >= 15 is 0 Å². The van der Waals surface area contributed by atoms with Gasteiger partial charge in [-0.2, -0.15) is 0 Å². The lowest BCUT2D eigenvalue weighted by atomic mass is 10.2. The number of rotatable bonds is 4. The van der Waals surface area contributed by atoms with Gasteiger partial charge in [-0.3, -0.25) is 0 Å². The third-order valence-corrected chi connectivity index (χ3v) is 7.65. The summed E-state index contributed by atoms with van der Waals surface area (Å²) < 4.78 is 6.09. The lowest BCUT2D eigenvalue weighted by Gasteiger charge is -2.36. The SMILES string of the molecule is C/C(Cl)=C/C(C)CO[Si](C)(C)C(C)(C)C. The topological polar surface area (TPSA) is 9.23 Å². The molecule has 3 heteroatoms. The van der Waals surface area contributed by atoms with Gasteiger partial charge >= 0.3 is 0 Å². The minimum atomic E-state index is -1.59. The molecule has 0 saturated carbocycles. The van der Waals surface area contributed by atoms with Crippen LogP contribution in [0.3, 0.4) is 0 Å². The average molecular weight is 249 g/mol. The Balaban J connectivity index is 4.22. The molecule has 0 heterocycles. The maximum atomic E-state index is 6.09. The molecule has 0 aliphatic rings. The van der Waals surface area contributed by atoms with E-state index in [0.29, 0.717) is 5.92 Å². The normalized spacial score (nSPS) is 16.7. The highest BCUT2D eigenvalue weighted by Gasteiger charge is 2.37. The summed E-state index contributed by atoms with van der Waals surface area (Å²) in [6.07, 6.45) is 2.05. The summed E-state index contributed by atoms with van der Waals surface area (Å²) in [7, 11) is -1.59. The van der Waals surface area contributed by atoms with E-state index < -0.39 is 8.32 Å². The number of halogens is 1. The van der Waals surface area contributed by atoms with Crippen molar-refractivity contribution in [3.63, 3.8) is 0 Å². The smallest absolute Gasteiger partial charge is 0.192 e. The highest BCUT2D eigenvalue weighted by molar-refractivity contribution is 6.74. The molecule has 0 aromatic heterocycles. The van der Waals surface area contributed by atoms with E-state index in [-0.39, 0.29) is 5.04 Å². The Bertz CT molecular complexity index is 224. The summed E-state index contributed by atoms with van der Waals surface area (Å²) in [4.78, 5) is 0.